The molecule has 102 valence electrons. The molecule has 0 amide bonds. The molecule has 19 heavy (non-hydrogen) atoms. The molecule has 2 heterocycles. The standard InChI is InChI=1S/C15H20BrN3/c1-9(2)19-8-12(16)13-10(3)17-14(18-15(13)19)11-6-4-5-7-11/h8-9,11H,4-7H2,1-3H3. The Bertz CT molecular complexity index is 609. The molecule has 1 aliphatic rings. The summed E-state index contributed by atoms with van der Waals surface area (Å²) in [5.41, 5.74) is 2.18. The zero-order valence-corrected chi connectivity index (χ0v) is 13.4. The highest BCUT2D eigenvalue weighted by Gasteiger charge is 2.22. The van der Waals surface area contributed by atoms with Crippen LogP contribution < -0.4 is 0 Å². The van der Waals surface area contributed by atoms with Crippen LogP contribution in [0.1, 0.15) is 63.0 Å². The van der Waals surface area contributed by atoms with Gasteiger partial charge in [0.2, 0.25) is 0 Å². The topological polar surface area (TPSA) is 30.7 Å². The largest absolute Gasteiger partial charge is 0.329 e. The molecule has 0 aromatic carbocycles. The smallest absolute Gasteiger partial charge is 0.145 e. The van der Waals surface area contributed by atoms with E-state index in [4.69, 9.17) is 9.97 Å². The van der Waals surface area contributed by atoms with Gasteiger partial charge in [-0.05, 0) is 49.5 Å². The van der Waals surface area contributed by atoms with Crippen LogP contribution in [0.2, 0.25) is 0 Å². The van der Waals surface area contributed by atoms with Gasteiger partial charge in [0, 0.05) is 22.6 Å². The van der Waals surface area contributed by atoms with Crippen molar-refractivity contribution in [1.29, 1.82) is 0 Å². The molecular weight excluding hydrogens is 302 g/mol. The molecule has 0 bridgehead atoms. The van der Waals surface area contributed by atoms with Gasteiger partial charge in [0.1, 0.15) is 11.5 Å². The Hall–Kier alpha value is -0.900. The van der Waals surface area contributed by atoms with Crippen molar-refractivity contribution in [3.05, 3.63) is 22.2 Å². The highest BCUT2D eigenvalue weighted by Crippen LogP contribution is 2.35. The average molecular weight is 322 g/mol. The summed E-state index contributed by atoms with van der Waals surface area (Å²) in [7, 11) is 0. The molecule has 1 aliphatic carbocycles. The fourth-order valence-corrected chi connectivity index (χ4v) is 3.74. The lowest BCUT2D eigenvalue weighted by atomic mass is 10.1. The number of hydrogen-bond acceptors (Lipinski definition) is 2. The summed E-state index contributed by atoms with van der Waals surface area (Å²) < 4.78 is 3.35. The van der Waals surface area contributed by atoms with Crippen LogP contribution >= 0.6 is 15.9 Å². The van der Waals surface area contributed by atoms with Gasteiger partial charge in [-0.1, -0.05) is 12.8 Å². The first-order chi connectivity index (χ1) is 9.08. The summed E-state index contributed by atoms with van der Waals surface area (Å²) in [5.74, 6) is 1.62. The predicted molar refractivity (Wildman–Crippen MR) is 81.6 cm³/mol. The number of nitrogens with zero attached hydrogens (tertiary/aromatic N) is 3. The fraction of sp³-hybridized carbons (Fsp3) is 0.600. The maximum Gasteiger partial charge on any atom is 0.145 e. The van der Waals surface area contributed by atoms with E-state index in [0.717, 1.165) is 27.0 Å². The molecule has 0 aliphatic heterocycles. The van der Waals surface area contributed by atoms with Gasteiger partial charge in [-0.25, -0.2) is 9.97 Å². The average Bonchev–Trinajstić information content (AvgIpc) is 2.96. The minimum absolute atomic E-state index is 0.416. The van der Waals surface area contributed by atoms with Gasteiger partial charge in [0.15, 0.2) is 0 Å². The first kappa shape index (κ1) is 13.1. The summed E-state index contributed by atoms with van der Waals surface area (Å²) in [4.78, 5) is 9.64. The molecule has 0 unspecified atom stereocenters. The lowest BCUT2D eigenvalue weighted by Gasteiger charge is -2.12. The second-order valence-corrected chi connectivity index (χ2v) is 6.68. The molecule has 2 aromatic rings. The highest BCUT2D eigenvalue weighted by atomic mass is 79.9. The van der Waals surface area contributed by atoms with Gasteiger partial charge in [-0.3, -0.25) is 0 Å². The van der Waals surface area contributed by atoms with Crippen LogP contribution in [-0.2, 0) is 0 Å². The highest BCUT2D eigenvalue weighted by molar-refractivity contribution is 9.10. The van der Waals surface area contributed by atoms with Gasteiger partial charge >= 0.3 is 0 Å². The Morgan fingerprint density at radius 1 is 1.26 bits per heavy atom. The number of fused-ring (bicyclic) bond motifs is 1. The van der Waals surface area contributed by atoms with Gasteiger partial charge in [-0.2, -0.15) is 0 Å². The lowest BCUT2D eigenvalue weighted by molar-refractivity contribution is 0.609. The predicted octanol–water partition coefficient (Wildman–Crippen LogP) is 4.74. The molecule has 2 aromatic heterocycles. The first-order valence-corrected chi connectivity index (χ1v) is 7.91. The van der Waals surface area contributed by atoms with Crippen LogP contribution in [0.3, 0.4) is 0 Å². The van der Waals surface area contributed by atoms with Crippen molar-refractivity contribution in [1.82, 2.24) is 14.5 Å². The van der Waals surface area contributed by atoms with Crippen LogP contribution in [0, 0.1) is 6.92 Å². The van der Waals surface area contributed by atoms with Crippen LogP contribution in [0.25, 0.3) is 11.0 Å². The summed E-state index contributed by atoms with van der Waals surface area (Å²) in [6.45, 7) is 6.48. The molecule has 4 heteroatoms. The summed E-state index contributed by atoms with van der Waals surface area (Å²) >= 11 is 3.64. The third-order valence-corrected chi connectivity index (χ3v) is 4.70. The number of aromatic nitrogens is 3. The van der Waals surface area contributed by atoms with Gasteiger partial charge in [-0.15, -0.1) is 0 Å². The molecule has 3 rings (SSSR count). The SMILES string of the molecule is Cc1nc(C2CCCC2)nc2c1c(Br)cn2C(C)C. The zero-order chi connectivity index (χ0) is 13.6. The van der Waals surface area contributed by atoms with Crippen molar-refractivity contribution in [2.45, 2.75) is 58.4 Å². The molecule has 0 saturated heterocycles. The van der Waals surface area contributed by atoms with E-state index >= 15 is 0 Å². The fourth-order valence-electron chi connectivity index (χ4n) is 3.05. The van der Waals surface area contributed by atoms with E-state index in [2.05, 4.69) is 47.5 Å². The number of hydrogen-bond donors (Lipinski definition) is 0. The molecule has 3 nitrogen and oxygen atoms in total. The normalized spacial score (nSPS) is 16.9. The third kappa shape index (κ3) is 2.20. The maximum atomic E-state index is 4.88. The van der Waals surface area contributed by atoms with Crippen molar-refractivity contribution < 1.29 is 0 Å². The van der Waals surface area contributed by atoms with E-state index in [1.165, 1.54) is 25.7 Å². The molecule has 0 N–H and O–H groups in total. The summed E-state index contributed by atoms with van der Waals surface area (Å²) in [6, 6.07) is 0.416. The van der Waals surface area contributed by atoms with Crippen molar-refractivity contribution in [2.24, 2.45) is 0 Å². The van der Waals surface area contributed by atoms with Crippen LogP contribution in [0.15, 0.2) is 10.7 Å². The molecule has 1 saturated carbocycles. The first-order valence-electron chi connectivity index (χ1n) is 7.12. The Kier molecular flexibility index (Phi) is 3.37. The van der Waals surface area contributed by atoms with Gasteiger partial charge in [0.05, 0.1) is 11.1 Å². The zero-order valence-electron chi connectivity index (χ0n) is 11.8. The minimum Gasteiger partial charge on any atom is -0.329 e. The third-order valence-electron chi connectivity index (χ3n) is 4.10. The summed E-state index contributed by atoms with van der Waals surface area (Å²) in [5, 5.41) is 1.16. The second kappa shape index (κ2) is 4.89. The number of aryl methyl sites for hydroxylation is 1. The van der Waals surface area contributed by atoms with E-state index in [0.29, 0.717) is 12.0 Å². The summed E-state index contributed by atoms with van der Waals surface area (Å²) in [6.07, 6.45) is 7.26. The molecule has 1 fully saturated rings. The number of rotatable bonds is 2. The van der Waals surface area contributed by atoms with Crippen molar-refractivity contribution in [3.8, 4) is 0 Å². The Labute approximate surface area is 122 Å². The molecule has 0 atom stereocenters. The molecule has 0 spiro atoms. The van der Waals surface area contributed by atoms with Gasteiger partial charge in [0.25, 0.3) is 0 Å². The van der Waals surface area contributed by atoms with E-state index in [-0.39, 0.29) is 0 Å². The molecule has 0 radical (unpaired) electrons. The van der Waals surface area contributed by atoms with Crippen LogP contribution in [0.4, 0.5) is 0 Å². The minimum atomic E-state index is 0.416. The Morgan fingerprint density at radius 2 is 1.95 bits per heavy atom. The monoisotopic (exact) mass is 321 g/mol. The number of halogens is 1. The second-order valence-electron chi connectivity index (χ2n) is 5.83. The molecular formula is C15H20BrN3. The lowest BCUT2D eigenvalue weighted by Crippen LogP contribution is -2.06. The van der Waals surface area contributed by atoms with E-state index in [9.17, 15) is 0 Å². The van der Waals surface area contributed by atoms with Gasteiger partial charge < -0.3 is 4.57 Å². The van der Waals surface area contributed by atoms with E-state index in [1.807, 2.05) is 0 Å². The van der Waals surface area contributed by atoms with E-state index < -0.39 is 0 Å². The van der Waals surface area contributed by atoms with Crippen LogP contribution in [-0.4, -0.2) is 14.5 Å². The van der Waals surface area contributed by atoms with E-state index in [1.54, 1.807) is 0 Å². The maximum absolute atomic E-state index is 4.88. The van der Waals surface area contributed by atoms with Crippen molar-refractivity contribution >= 4 is 27.0 Å². The quantitative estimate of drug-likeness (QED) is 0.799. The Balaban J connectivity index is 2.20. The van der Waals surface area contributed by atoms with Crippen molar-refractivity contribution in [3.63, 3.8) is 0 Å². The van der Waals surface area contributed by atoms with Crippen molar-refractivity contribution in [2.75, 3.05) is 0 Å². The van der Waals surface area contributed by atoms with Crippen LogP contribution in [0.5, 0.6) is 0 Å². The Morgan fingerprint density at radius 3 is 2.58 bits per heavy atom.